The van der Waals surface area contributed by atoms with Gasteiger partial charge in [0.1, 0.15) is 17.3 Å². The second-order valence-electron chi connectivity index (χ2n) is 6.86. The molecule has 0 N–H and O–H groups in total. The largest absolute Gasteiger partial charge is 0.497 e. The van der Waals surface area contributed by atoms with E-state index in [0.29, 0.717) is 17.4 Å². The normalized spacial score (nSPS) is 15.1. The summed E-state index contributed by atoms with van der Waals surface area (Å²) in [4.78, 5) is 19.1. The molecule has 1 amide bonds. The second-order valence-corrected chi connectivity index (χ2v) is 6.86. The summed E-state index contributed by atoms with van der Waals surface area (Å²) in [5.41, 5.74) is 0.920. The van der Waals surface area contributed by atoms with Crippen molar-refractivity contribution in [2.24, 2.45) is 7.05 Å². The zero-order chi connectivity index (χ0) is 18.8. The number of carbonyl (C=O) groups is 1. The predicted molar refractivity (Wildman–Crippen MR) is 102 cm³/mol. The van der Waals surface area contributed by atoms with Crippen molar-refractivity contribution >= 4 is 5.91 Å². The summed E-state index contributed by atoms with van der Waals surface area (Å²) in [6, 6.07) is 11.2. The lowest BCUT2D eigenvalue weighted by Gasteiger charge is -2.31. The maximum absolute atomic E-state index is 12.8. The monoisotopic (exact) mass is 365 g/mol. The molecular formula is C21H23N3O3. The third kappa shape index (κ3) is 3.47. The van der Waals surface area contributed by atoms with E-state index in [1.165, 1.54) is 0 Å². The molecule has 1 aromatic carbocycles. The fourth-order valence-electron chi connectivity index (χ4n) is 3.63. The van der Waals surface area contributed by atoms with Crippen molar-refractivity contribution in [3.63, 3.8) is 0 Å². The molecule has 140 valence electrons. The lowest BCUT2D eigenvalue weighted by molar-refractivity contribution is 0.0679. The summed E-state index contributed by atoms with van der Waals surface area (Å²) in [5.74, 6) is 3.31. The van der Waals surface area contributed by atoms with Crippen LogP contribution in [0.4, 0.5) is 0 Å². The number of benzene rings is 1. The number of aryl methyl sites for hydroxylation is 1. The number of piperidine rings is 1. The highest BCUT2D eigenvalue weighted by Gasteiger charge is 2.28. The molecule has 0 radical (unpaired) electrons. The van der Waals surface area contributed by atoms with Gasteiger partial charge in [-0.3, -0.25) is 4.79 Å². The Morgan fingerprint density at radius 1 is 1.15 bits per heavy atom. The summed E-state index contributed by atoms with van der Waals surface area (Å²) in [6.07, 6.45) is 5.64. The zero-order valence-electron chi connectivity index (χ0n) is 15.6. The Morgan fingerprint density at radius 3 is 2.52 bits per heavy atom. The minimum atomic E-state index is -0.0481. The van der Waals surface area contributed by atoms with E-state index in [1.54, 1.807) is 13.2 Å². The molecule has 27 heavy (non-hydrogen) atoms. The highest BCUT2D eigenvalue weighted by atomic mass is 16.5. The van der Waals surface area contributed by atoms with E-state index in [0.717, 1.165) is 43.1 Å². The summed E-state index contributed by atoms with van der Waals surface area (Å²) in [6.45, 7) is 1.43. The van der Waals surface area contributed by atoms with E-state index in [2.05, 4.69) is 9.55 Å². The van der Waals surface area contributed by atoms with Crippen LogP contribution in [0.5, 0.6) is 5.75 Å². The smallest absolute Gasteiger partial charge is 0.289 e. The molecule has 1 saturated heterocycles. The van der Waals surface area contributed by atoms with Crippen molar-refractivity contribution in [3.05, 3.63) is 60.4 Å². The molecule has 2 aromatic heterocycles. The molecule has 0 bridgehead atoms. The van der Waals surface area contributed by atoms with Gasteiger partial charge in [0.25, 0.3) is 5.91 Å². The van der Waals surface area contributed by atoms with Crippen molar-refractivity contribution in [3.8, 4) is 17.1 Å². The molecule has 0 aliphatic carbocycles. The standard InChI is InChI=1S/C21H23N3O3/c1-23-14-11-22-20(23)16-9-12-24(13-10-16)21(25)19-8-7-18(27-19)15-3-5-17(26-2)6-4-15/h3-8,11,14,16H,9-10,12-13H2,1-2H3. The lowest BCUT2D eigenvalue weighted by atomic mass is 9.96. The molecule has 6 nitrogen and oxygen atoms in total. The third-order valence-corrected chi connectivity index (χ3v) is 5.20. The van der Waals surface area contributed by atoms with E-state index >= 15 is 0 Å². The molecule has 1 aliphatic heterocycles. The number of carbonyl (C=O) groups excluding carboxylic acids is 1. The zero-order valence-corrected chi connectivity index (χ0v) is 15.6. The van der Waals surface area contributed by atoms with Crippen LogP contribution in [0.15, 0.2) is 53.2 Å². The van der Waals surface area contributed by atoms with Crippen LogP contribution in [0.2, 0.25) is 0 Å². The number of nitrogens with zero attached hydrogens (tertiary/aromatic N) is 3. The molecule has 4 rings (SSSR count). The Labute approximate surface area is 158 Å². The first-order valence-corrected chi connectivity index (χ1v) is 9.16. The number of imidazole rings is 1. The van der Waals surface area contributed by atoms with Crippen LogP contribution in [0.3, 0.4) is 0 Å². The topological polar surface area (TPSA) is 60.5 Å². The van der Waals surface area contributed by atoms with E-state index in [1.807, 2.05) is 54.7 Å². The van der Waals surface area contributed by atoms with Gasteiger partial charge >= 0.3 is 0 Å². The van der Waals surface area contributed by atoms with Gasteiger partial charge in [0.2, 0.25) is 0 Å². The van der Waals surface area contributed by atoms with E-state index < -0.39 is 0 Å². The van der Waals surface area contributed by atoms with Crippen molar-refractivity contribution < 1.29 is 13.9 Å². The Morgan fingerprint density at radius 2 is 1.89 bits per heavy atom. The number of ether oxygens (including phenoxy) is 1. The Hall–Kier alpha value is -3.02. The first-order chi connectivity index (χ1) is 13.2. The molecular weight excluding hydrogens is 342 g/mol. The molecule has 3 aromatic rings. The van der Waals surface area contributed by atoms with E-state index in [4.69, 9.17) is 9.15 Å². The number of methoxy groups -OCH3 is 1. The molecule has 3 heterocycles. The van der Waals surface area contributed by atoms with Crippen LogP contribution in [0, 0.1) is 0 Å². The van der Waals surface area contributed by atoms with Crippen LogP contribution >= 0.6 is 0 Å². The van der Waals surface area contributed by atoms with Crippen LogP contribution in [-0.2, 0) is 7.05 Å². The van der Waals surface area contributed by atoms with Gasteiger partial charge in [-0.25, -0.2) is 4.98 Å². The van der Waals surface area contributed by atoms with E-state index in [9.17, 15) is 4.79 Å². The van der Waals surface area contributed by atoms with Crippen molar-refractivity contribution in [2.45, 2.75) is 18.8 Å². The molecule has 1 aliphatic rings. The van der Waals surface area contributed by atoms with Gasteiger partial charge in [-0.05, 0) is 49.2 Å². The molecule has 6 heteroatoms. The van der Waals surface area contributed by atoms with Crippen molar-refractivity contribution in [2.75, 3.05) is 20.2 Å². The van der Waals surface area contributed by atoms with Crippen molar-refractivity contribution in [1.82, 2.24) is 14.5 Å². The van der Waals surface area contributed by atoms with E-state index in [-0.39, 0.29) is 5.91 Å². The number of likely N-dealkylation sites (tertiary alicyclic amines) is 1. The van der Waals surface area contributed by atoms with Crippen LogP contribution in [0.1, 0.15) is 35.1 Å². The van der Waals surface area contributed by atoms with Gasteiger partial charge in [0.05, 0.1) is 7.11 Å². The molecule has 0 atom stereocenters. The molecule has 1 fully saturated rings. The number of amides is 1. The first kappa shape index (κ1) is 17.4. The fourth-order valence-corrected chi connectivity index (χ4v) is 3.63. The summed E-state index contributed by atoms with van der Waals surface area (Å²) < 4.78 is 13.1. The molecule has 0 saturated carbocycles. The van der Waals surface area contributed by atoms with Crippen LogP contribution < -0.4 is 4.74 Å². The Kier molecular flexibility index (Phi) is 4.71. The number of rotatable bonds is 4. The SMILES string of the molecule is COc1ccc(-c2ccc(C(=O)N3CCC(c4nccn4C)CC3)o2)cc1. The van der Waals surface area contributed by atoms with Gasteiger partial charge in [-0.2, -0.15) is 0 Å². The van der Waals surface area contributed by atoms with Crippen molar-refractivity contribution in [1.29, 1.82) is 0 Å². The minimum absolute atomic E-state index is 0.0481. The van der Waals surface area contributed by atoms with Crippen LogP contribution in [-0.4, -0.2) is 40.6 Å². The summed E-state index contributed by atoms with van der Waals surface area (Å²) >= 11 is 0. The maximum Gasteiger partial charge on any atom is 0.289 e. The summed E-state index contributed by atoms with van der Waals surface area (Å²) in [7, 11) is 3.65. The van der Waals surface area contributed by atoms with Gasteiger partial charge in [-0.1, -0.05) is 0 Å². The van der Waals surface area contributed by atoms with Gasteiger partial charge in [-0.15, -0.1) is 0 Å². The maximum atomic E-state index is 12.8. The van der Waals surface area contributed by atoms with Gasteiger partial charge in [0.15, 0.2) is 5.76 Å². The predicted octanol–water partition coefficient (Wildman–Crippen LogP) is 3.71. The minimum Gasteiger partial charge on any atom is -0.497 e. The number of hydrogen-bond acceptors (Lipinski definition) is 4. The highest BCUT2D eigenvalue weighted by Crippen LogP contribution is 2.29. The average Bonchev–Trinajstić information content (AvgIpc) is 3.37. The lowest BCUT2D eigenvalue weighted by Crippen LogP contribution is -2.38. The molecule has 0 unspecified atom stereocenters. The third-order valence-electron chi connectivity index (χ3n) is 5.20. The average molecular weight is 365 g/mol. The number of furan rings is 1. The summed E-state index contributed by atoms with van der Waals surface area (Å²) in [5, 5.41) is 0. The highest BCUT2D eigenvalue weighted by molar-refractivity contribution is 5.92. The van der Waals surface area contributed by atoms with Gasteiger partial charge < -0.3 is 18.6 Å². The number of aromatic nitrogens is 2. The quantitative estimate of drug-likeness (QED) is 0.707. The first-order valence-electron chi connectivity index (χ1n) is 9.16. The molecule has 0 spiro atoms. The fraction of sp³-hybridized carbons (Fsp3) is 0.333. The Balaban J connectivity index is 1.42. The van der Waals surface area contributed by atoms with Crippen LogP contribution in [0.25, 0.3) is 11.3 Å². The Bertz CT molecular complexity index is 918. The number of hydrogen-bond donors (Lipinski definition) is 0. The second kappa shape index (κ2) is 7.31. The van der Waals surface area contributed by atoms with Gasteiger partial charge in [0, 0.05) is 44.0 Å².